The smallest absolute Gasteiger partial charge is 0.414 e. The van der Waals surface area contributed by atoms with Crippen LogP contribution in [0, 0.1) is 27.7 Å². The normalized spacial score (nSPS) is 11.9. The van der Waals surface area contributed by atoms with E-state index in [4.69, 9.17) is 28.9 Å². The van der Waals surface area contributed by atoms with Crippen molar-refractivity contribution in [2.75, 3.05) is 46.6 Å². The van der Waals surface area contributed by atoms with E-state index < -0.39 is 46.8 Å². The maximum Gasteiger partial charge on any atom is 0.414 e. The van der Waals surface area contributed by atoms with Crippen LogP contribution in [0.1, 0.15) is 177 Å². The number of aryl methyl sites for hydroxylation is 4. The molecule has 6 amide bonds. The van der Waals surface area contributed by atoms with Crippen molar-refractivity contribution in [3.63, 3.8) is 0 Å². The van der Waals surface area contributed by atoms with Crippen LogP contribution in [0.3, 0.4) is 0 Å². The zero-order valence-electron chi connectivity index (χ0n) is 67.6. The third kappa shape index (κ3) is 21.0. The van der Waals surface area contributed by atoms with E-state index in [-0.39, 0.29) is 11.8 Å². The highest BCUT2D eigenvalue weighted by atomic mass is 16.6. The summed E-state index contributed by atoms with van der Waals surface area (Å²) >= 11 is 0. The molecule has 0 spiro atoms. The molecule has 20 heteroatoms. The number of nitrogens with zero attached hydrogens (tertiary/aromatic N) is 6. The van der Waals surface area contributed by atoms with Crippen molar-refractivity contribution < 1.29 is 56.8 Å². The number of carbonyl (C=O) groups excluding carboxylic acids is 6. The average molecular weight is 1510 g/mol. The summed E-state index contributed by atoms with van der Waals surface area (Å²) in [7, 11) is 0. The van der Waals surface area contributed by atoms with Crippen molar-refractivity contribution in [2.45, 2.75) is 185 Å². The molecule has 0 aliphatic heterocycles. The number of unbranched alkanes of at least 4 members (excludes halogenated alkanes) is 6. The summed E-state index contributed by atoms with van der Waals surface area (Å²) in [5.74, 6) is -0.299. The number of hydrogen-bond donors (Lipinski definition) is 4. The summed E-state index contributed by atoms with van der Waals surface area (Å²) in [6.45, 7) is 31.7. The fourth-order valence-corrected chi connectivity index (χ4v) is 13.5. The minimum atomic E-state index is -0.742. The topological polar surface area (TPSA) is 227 Å². The number of aromatic nitrogens is 4. The Morgan fingerprint density at radius 3 is 0.964 bits per heavy atom. The summed E-state index contributed by atoms with van der Waals surface area (Å²) < 4.78 is 27.5. The van der Waals surface area contributed by atoms with Gasteiger partial charge in [-0.05, 0) is 230 Å². The van der Waals surface area contributed by atoms with Crippen molar-refractivity contribution >= 4 is 103 Å². The summed E-state index contributed by atoms with van der Waals surface area (Å²) in [5, 5.41) is 12.1. The Balaban J connectivity index is 0.650. The monoisotopic (exact) mass is 1510 g/mol. The molecule has 2 heterocycles. The lowest BCUT2D eigenvalue weighted by molar-refractivity contribution is -0.538. The van der Waals surface area contributed by atoms with E-state index in [1.54, 1.807) is 9.80 Å². The molecule has 0 saturated carbocycles. The Labute approximate surface area is 657 Å². The molecule has 0 fully saturated rings. The molecule has 0 unspecified atom stereocenters. The molecule has 4 N–H and O–H groups in total. The highest BCUT2D eigenvalue weighted by molar-refractivity contribution is 5.99. The van der Waals surface area contributed by atoms with Gasteiger partial charge in [-0.1, -0.05) is 111 Å². The van der Waals surface area contributed by atoms with Gasteiger partial charge >= 0.3 is 24.4 Å². The molecule has 0 radical (unpaired) electrons. The Bertz CT molecular complexity index is 4950. The molecule has 0 aliphatic carbocycles. The lowest BCUT2D eigenvalue weighted by Crippen LogP contribution is -2.38. The molecule has 20 nitrogen and oxygen atoms in total. The second kappa shape index (κ2) is 34.6. The maximum absolute atomic E-state index is 14.2. The number of amides is 6. The van der Waals surface area contributed by atoms with Gasteiger partial charge in [-0.25, -0.2) is 29.1 Å². The lowest BCUT2D eigenvalue weighted by Gasteiger charge is -2.28. The van der Waals surface area contributed by atoms with Gasteiger partial charge in [0.05, 0.1) is 22.7 Å². The second-order valence-corrected chi connectivity index (χ2v) is 32.7. The van der Waals surface area contributed by atoms with Crippen molar-refractivity contribution in [2.24, 2.45) is 0 Å². The minimum absolute atomic E-state index is 0.150. The van der Waals surface area contributed by atoms with Gasteiger partial charge in [0.1, 0.15) is 44.5 Å². The Kier molecular flexibility index (Phi) is 25.1. The first-order chi connectivity index (χ1) is 53.1. The highest BCUT2D eigenvalue weighted by Gasteiger charge is 2.32. The van der Waals surface area contributed by atoms with Crippen molar-refractivity contribution in [3.8, 4) is 33.6 Å². The molecular formula is C92H106N10O10+2. The van der Waals surface area contributed by atoms with Crippen LogP contribution in [-0.2, 0) is 18.9 Å². The van der Waals surface area contributed by atoms with Crippen LogP contribution in [0.5, 0.6) is 0 Å². The van der Waals surface area contributed by atoms with Crippen LogP contribution in [0.4, 0.5) is 41.9 Å². The number of anilines is 4. The quantitative estimate of drug-likeness (QED) is 0.0192. The summed E-state index contributed by atoms with van der Waals surface area (Å²) in [4.78, 5) is 95.0. The average Bonchev–Trinajstić information content (AvgIpc) is 0.746. The number of fused-ring (bicyclic) bond motifs is 4. The molecule has 0 atom stereocenters. The Hall–Kier alpha value is -11.8. The molecule has 112 heavy (non-hydrogen) atoms. The molecule has 11 rings (SSSR count). The number of benzene rings is 9. The minimum Gasteiger partial charge on any atom is -0.444 e. The van der Waals surface area contributed by atoms with Crippen LogP contribution < -0.4 is 40.2 Å². The van der Waals surface area contributed by atoms with Crippen molar-refractivity contribution in [3.05, 3.63) is 215 Å². The number of ether oxygens (including phenoxy) is 4. The molecule has 9 aromatic carbocycles. The zero-order valence-corrected chi connectivity index (χ0v) is 67.6. The highest BCUT2D eigenvalue weighted by Crippen LogP contribution is 2.35. The third-order valence-electron chi connectivity index (χ3n) is 18.8. The first-order valence-electron chi connectivity index (χ1n) is 38.7. The van der Waals surface area contributed by atoms with E-state index in [1.165, 1.54) is 0 Å². The van der Waals surface area contributed by atoms with E-state index in [0.717, 1.165) is 139 Å². The molecule has 0 saturated heterocycles. The van der Waals surface area contributed by atoms with Gasteiger partial charge in [0.15, 0.2) is 0 Å². The Morgan fingerprint density at radius 1 is 0.348 bits per heavy atom. The predicted octanol–water partition coefficient (Wildman–Crippen LogP) is 20.4. The zero-order chi connectivity index (χ0) is 80.4. The molecule has 2 aromatic heterocycles. The maximum atomic E-state index is 14.2. The SMILES string of the molecule is Cc1cc2nc3cc(C)c(N(CCCCCCNC(=O)c4ccc(-c5ccc(-c6ccc(C(=O)NCCCCCCN(C(=O)OC(C)(C)C)c7cc8c(cc7C)nc7cc(C)c(NC(=O)OC(C)(C)C)cc7[n+]8-c7ccccc7)cc6)cc5)cc4)C(=O)OC(C)(C)C)cc3[n+](-c3ccccc3)c2cc1NC(=O)OC(C)(C)C. The van der Waals surface area contributed by atoms with Gasteiger partial charge in [0.2, 0.25) is 33.4 Å². The molecule has 0 bridgehead atoms. The van der Waals surface area contributed by atoms with Gasteiger partial charge < -0.3 is 29.6 Å². The van der Waals surface area contributed by atoms with Crippen molar-refractivity contribution in [1.82, 2.24) is 20.6 Å². The van der Waals surface area contributed by atoms with Crippen LogP contribution >= 0.6 is 0 Å². The van der Waals surface area contributed by atoms with Gasteiger partial charge in [-0.3, -0.25) is 30.0 Å². The van der Waals surface area contributed by atoms with Gasteiger partial charge in [-0.15, -0.1) is 9.13 Å². The van der Waals surface area contributed by atoms with E-state index >= 15 is 0 Å². The standard InChI is InChI=1S/C92H104N10O10/c1-59-51-73-79(55-71(59)97-85(105)109-89(5,6)7)101(69-31-23-21-24-32-69)81-57-77(61(3)53-75(81)95-73)99(87(107)111-91(11,12)13)49-29-19-17-27-47-93-83(103)67-43-39-65(40-44-67)63-35-37-64(38-36-63)66-41-45-68(46-42-66)84(104)94-48-28-18-20-30-50-100(88(108)112-92(14,15)16)78-58-82-76(54-62(78)4)96-74-52-60(2)72(98-86(106)110-90(8,9)10)56-80(74)102(82)70-33-25-22-26-34-70/h21-26,31-46,51-58H,17-20,27-30,47-50H2,1-16H3,(H2,93,94,103,104)/p+2. The number of carbonyl (C=O) groups is 6. The van der Waals surface area contributed by atoms with E-state index in [0.29, 0.717) is 72.9 Å². The van der Waals surface area contributed by atoms with E-state index in [9.17, 15) is 28.8 Å². The summed E-state index contributed by atoms with van der Waals surface area (Å²) in [6.07, 6.45) is 4.13. The fraction of sp³-hybridized carbons (Fsp3) is 0.348. The first-order valence-corrected chi connectivity index (χ1v) is 38.7. The second-order valence-electron chi connectivity index (χ2n) is 32.7. The van der Waals surface area contributed by atoms with E-state index in [1.807, 2.05) is 269 Å². The van der Waals surface area contributed by atoms with E-state index in [2.05, 4.69) is 54.7 Å². The molecular weight excluding hydrogens is 1410 g/mol. The van der Waals surface area contributed by atoms with Crippen LogP contribution in [0.25, 0.3) is 77.8 Å². The van der Waals surface area contributed by atoms with Crippen LogP contribution in [0.2, 0.25) is 0 Å². The number of hydrogen-bond acceptors (Lipinski definition) is 12. The molecule has 11 aromatic rings. The summed E-state index contributed by atoms with van der Waals surface area (Å²) in [6, 6.07) is 59.0. The van der Waals surface area contributed by atoms with Gasteiger partial charge in [0.25, 0.3) is 11.8 Å². The third-order valence-corrected chi connectivity index (χ3v) is 18.8. The van der Waals surface area contributed by atoms with Gasteiger partial charge in [-0.2, -0.15) is 0 Å². The van der Waals surface area contributed by atoms with Crippen LogP contribution in [0.15, 0.2) is 182 Å². The summed E-state index contributed by atoms with van der Waals surface area (Å²) in [5.41, 5.74) is 15.9. The van der Waals surface area contributed by atoms with Crippen molar-refractivity contribution in [1.29, 1.82) is 0 Å². The Morgan fingerprint density at radius 2 is 0.643 bits per heavy atom. The lowest BCUT2D eigenvalue weighted by atomic mass is 9.99. The number of rotatable bonds is 24. The van der Waals surface area contributed by atoms with Crippen LogP contribution in [-0.4, -0.2) is 94.7 Å². The first kappa shape index (κ1) is 81.2. The molecule has 0 aliphatic rings. The largest absolute Gasteiger partial charge is 0.444 e. The number of para-hydroxylation sites is 2. The predicted molar refractivity (Wildman–Crippen MR) is 446 cm³/mol. The molecule has 582 valence electrons. The fourth-order valence-electron chi connectivity index (χ4n) is 13.5. The number of nitrogens with one attached hydrogen (secondary N) is 4. The van der Waals surface area contributed by atoms with Gasteiger partial charge in [0, 0.05) is 85.8 Å².